The maximum absolute atomic E-state index is 12.3. The molecule has 0 saturated carbocycles. The van der Waals surface area contributed by atoms with Crippen LogP contribution in [0.5, 0.6) is 0 Å². The smallest absolute Gasteiger partial charge is 0.445 e. The van der Waals surface area contributed by atoms with Crippen molar-refractivity contribution in [2.75, 3.05) is 11.9 Å². The van der Waals surface area contributed by atoms with E-state index in [4.69, 9.17) is 14.0 Å². The number of anilines is 1. The van der Waals surface area contributed by atoms with Crippen LogP contribution in [-0.4, -0.2) is 36.9 Å². The molecule has 8 heteroatoms. The first-order valence-corrected chi connectivity index (χ1v) is 11.1. The van der Waals surface area contributed by atoms with Crippen LogP contribution in [0.25, 0.3) is 6.08 Å². The monoisotopic (exact) mass is 448 g/mol. The van der Waals surface area contributed by atoms with E-state index in [1.54, 1.807) is 0 Å². The predicted octanol–water partition coefficient (Wildman–Crippen LogP) is 4.12. The molecule has 2 aromatic carbocycles. The summed E-state index contributed by atoms with van der Waals surface area (Å²) in [6.45, 7) is 8.32. The highest BCUT2D eigenvalue weighted by atomic mass is 16.7. The third-order valence-electron chi connectivity index (χ3n) is 6.31. The lowest BCUT2D eigenvalue weighted by Gasteiger charge is -2.32. The van der Waals surface area contributed by atoms with Crippen molar-refractivity contribution >= 4 is 30.9 Å². The standard InChI is InChI=1S/C25H29BN2O5/c1-24(2)25(3,4)33-26(32-24)20(13-18-10-11-21-19(12-18)14-22(29)28-21)15-27-23(30)31-16-17-8-6-5-7-9-17/h5-13H,14-16H2,1-4H3,(H,27,30)(H,28,29). The van der Waals surface area contributed by atoms with Gasteiger partial charge in [0.05, 0.1) is 17.6 Å². The van der Waals surface area contributed by atoms with Crippen LogP contribution in [0, 0.1) is 0 Å². The highest BCUT2D eigenvalue weighted by molar-refractivity contribution is 6.56. The number of fused-ring (bicyclic) bond motifs is 1. The van der Waals surface area contributed by atoms with Crippen molar-refractivity contribution in [3.8, 4) is 0 Å². The zero-order chi connectivity index (χ0) is 23.6. The molecule has 1 fully saturated rings. The molecule has 4 rings (SSSR count). The number of benzene rings is 2. The first-order chi connectivity index (χ1) is 15.6. The molecule has 0 bridgehead atoms. The molecular formula is C25H29BN2O5. The van der Waals surface area contributed by atoms with Gasteiger partial charge in [-0.05, 0) is 62.0 Å². The molecule has 2 amide bonds. The average molecular weight is 448 g/mol. The van der Waals surface area contributed by atoms with Gasteiger partial charge < -0.3 is 24.7 Å². The van der Waals surface area contributed by atoms with Gasteiger partial charge in [-0.2, -0.15) is 0 Å². The molecule has 2 aliphatic rings. The number of carbonyl (C=O) groups excluding carboxylic acids is 2. The third-order valence-corrected chi connectivity index (χ3v) is 6.31. The van der Waals surface area contributed by atoms with Gasteiger partial charge in [-0.1, -0.05) is 42.5 Å². The van der Waals surface area contributed by atoms with E-state index in [0.717, 1.165) is 27.9 Å². The fraction of sp³-hybridized carbons (Fsp3) is 0.360. The first-order valence-electron chi connectivity index (χ1n) is 11.1. The van der Waals surface area contributed by atoms with Crippen molar-refractivity contribution in [1.82, 2.24) is 5.32 Å². The summed E-state index contributed by atoms with van der Waals surface area (Å²) >= 11 is 0. The fourth-order valence-electron chi connectivity index (χ4n) is 3.70. The molecule has 0 aromatic heterocycles. The maximum atomic E-state index is 12.3. The van der Waals surface area contributed by atoms with Crippen molar-refractivity contribution in [3.63, 3.8) is 0 Å². The van der Waals surface area contributed by atoms with Gasteiger partial charge in [0.15, 0.2) is 0 Å². The van der Waals surface area contributed by atoms with Crippen LogP contribution in [0.1, 0.15) is 44.4 Å². The lowest BCUT2D eigenvalue weighted by atomic mass is 9.77. The van der Waals surface area contributed by atoms with E-state index in [0.29, 0.717) is 6.42 Å². The predicted molar refractivity (Wildman–Crippen MR) is 127 cm³/mol. The van der Waals surface area contributed by atoms with E-state index in [2.05, 4.69) is 10.6 Å². The van der Waals surface area contributed by atoms with Gasteiger partial charge in [0.25, 0.3) is 0 Å². The molecule has 0 unspecified atom stereocenters. The summed E-state index contributed by atoms with van der Waals surface area (Å²) in [6.07, 6.45) is 1.76. The Morgan fingerprint density at radius 2 is 1.82 bits per heavy atom. The van der Waals surface area contributed by atoms with Gasteiger partial charge in [-0.15, -0.1) is 0 Å². The largest absolute Gasteiger partial charge is 0.492 e. The molecule has 2 aliphatic heterocycles. The van der Waals surface area contributed by atoms with Crippen LogP contribution in [0.2, 0.25) is 0 Å². The Bertz CT molecular complexity index is 1070. The number of ether oxygens (including phenoxy) is 1. The second-order valence-electron chi connectivity index (χ2n) is 9.36. The van der Waals surface area contributed by atoms with Crippen molar-refractivity contribution < 1.29 is 23.6 Å². The second-order valence-corrected chi connectivity index (χ2v) is 9.36. The van der Waals surface area contributed by atoms with Gasteiger partial charge >= 0.3 is 13.2 Å². The van der Waals surface area contributed by atoms with E-state index in [-0.39, 0.29) is 19.1 Å². The minimum Gasteiger partial charge on any atom is -0.445 e. The van der Waals surface area contributed by atoms with Gasteiger partial charge in [-0.3, -0.25) is 4.79 Å². The molecule has 2 N–H and O–H groups in total. The molecule has 0 radical (unpaired) electrons. The SMILES string of the molecule is CC1(C)OB(C(=Cc2ccc3c(c2)CC(=O)N3)CNC(=O)OCc2ccccc2)OC1(C)C. The maximum Gasteiger partial charge on any atom is 0.492 e. The molecule has 0 spiro atoms. The summed E-state index contributed by atoms with van der Waals surface area (Å²) < 4.78 is 17.8. The minimum atomic E-state index is -0.627. The van der Waals surface area contributed by atoms with Crippen molar-refractivity contribution in [2.45, 2.75) is 51.9 Å². The normalized spacial score (nSPS) is 18.6. The van der Waals surface area contributed by atoms with Crippen molar-refractivity contribution in [3.05, 3.63) is 70.7 Å². The lowest BCUT2D eigenvalue weighted by molar-refractivity contribution is -0.115. The van der Waals surface area contributed by atoms with E-state index in [1.165, 1.54) is 0 Å². The molecule has 2 heterocycles. The van der Waals surface area contributed by atoms with Crippen LogP contribution in [0.15, 0.2) is 54.0 Å². The Kier molecular flexibility index (Phi) is 6.32. The number of amides is 2. The summed E-state index contributed by atoms with van der Waals surface area (Å²) in [7, 11) is -0.627. The van der Waals surface area contributed by atoms with E-state index in [9.17, 15) is 9.59 Å². The van der Waals surface area contributed by atoms with Crippen LogP contribution < -0.4 is 10.6 Å². The van der Waals surface area contributed by atoms with E-state index >= 15 is 0 Å². The minimum absolute atomic E-state index is 0.0138. The van der Waals surface area contributed by atoms with Gasteiger partial charge in [0.2, 0.25) is 5.91 Å². The highest BCUT2D eigenvalue weighted by Gasteiger charge is 2.52. The van der Waals surface area contributed by atoms with Gasteiger partial charge in [-0.25, -0.2) is 4.79 Å². The van der Waals surface area contributed by atoms with E-state index < -0.39 is 24.4 Å². The van der Waals surface area contributed by atoms with Gasteiger partial charge in [0.1, 0.15) is 6.61 Å². The van der Waals surface area contributed by atoms with Crippen LogP contribution in [-0.2, 0) is 31.9 Å². The molecule has 2 aromatic rings. The second kappa shape index (κ2) is 9.04. The quantitative estimate of drug-likeness (QED) is 0.650. The summed E-state index contributed by atoms with van der Waals surface area (Å²) in [5.41, 5.74) is 3.30. The molecular weight excluding hydrogens is 419 g/mol. The zero-order valence-corrected chi connectivity index (χ0v) is 19.4. The molecule has 33 heavy (non-hydrogen) atoms. The van der Waals surface area contributed by atoms with Crippen molar-refractivity contribution in [2.24, 2.45) is 0 Å². The Morgan fingerprint density at radius 3 is 2.52 bits per heavy atom. The zero-order valence-electron chi connectivity index (χ0n) is 19.4. The number of nitrogens with one attached hydrogen (secondary N) is 2. The molecule has 0 atom stereocenters. The molecule has 7 nitrogen and oxygen atoms in total. The number of rotatable bonds is 6. The topological polar surface area (TPSA) is 85.9 Å². The summed E-state index contributed by atoms with van der Waals surface area (Å²) in [5, 5.41) is 5.65. The fourth-order valence-corrected chi connectivity index (χ4v) is 3.70. The van der Waals surface area contributed by atoms with E-state index in [1.807, 2.05) is 82.3 Å². The van der Waals surface area contributed by atoms with Crippen LogP contribution in [0.4, 0.5) is 10.5 Å². The Morgan fingerprint density at radius 1 is 1.12 bits per heavy atom. The Labute approximate surface area is 194 Å². The summed E-state index contributed by atoms with van der Waals surface area (Å²) in [4.78, 5) is 24.0. The average Bonchev–Trinajstić information content (AvgIpc) is 3.24. The van der Waals surface area contributed by atoms with Crippen molar-refractivity contribution in [1.29, 1.82) is 0 Å². The first kappa shape index (κ1) is 23.1. The van der Waals surface area contributed by atoms with Crippen LogP contribution >= 0.6 is 0 Å². The molecule has 1 saturated heterocycles. The highest BCUT2D eigenvalue weighted by Crippen LogP contribution is 2.39. The molecule has 172 valence electrons. The lowest BCUT2D eigenvalue weighted by Crippen LogP contribution is -2.41. The summed E-state index contributed by atoms with van der Waals surface area (Å²) in [6, 6.07) is 15.3. The summed E-state index contributed by atoms with van der Waals surface area (Å²) in [5.74, 6) is -0.0138. The Hall–Kier alpha value is -3.10. The number of hydrogen-bond acceptors (Lipinski definition) is 5. The molecule has 0 aliphatic carbocycles. The van der Waals surface area contributed by atoms with Gasteiger partial charge in [0, 0.05) is 12.2 Å². The Balaban J connectivity index is 1.50. The van der Waals surface area contributed by atoms with Crippen LogP contribution in [0.3, 0.4) is 0 Å². The number of hydrogen-bond donors (Lipinski definition) is 2. The number of alkyl carbamates (subject to hydrolysis) is 1. The number of carbonyl (C=O) groups is 2. The third kappa shape index (κ3) is 5.29.